The van der Waals surface area contributed by atoms with Crippen molar-refractivity contribution in [2.45, 2.75) is 51.6 Å². The van der Waals surface area contributed by atoms with Crippen molar-refractivity contribution < 1.29 is 9.90 Å². The third-order valence-corrected chi connectivity index (χ3v) is 4.26. The Morgan fingerprint density at radius 2 is 2.29 bits per heavy atom. The zero-order valence-corrected chi connectivity index (χ0v) is 11.1. The Balaban J connectivity index is 1.89. The topological polar surface area (TPSA) is 40.5 Å². The van der Waals surface area contributed by atoms with Crippen LogP contribution in [0.15, 0.2) is 0 Å². The molecule has 2 fully saturated rings. The van der Waals surface area contributed by atoms with Crippen LogP contribution in [0, 0.1) is 11.8 Å². The van der Waals surface area contributed by atoms with E-state index in [2.05, 4.69) is 11.8 Å². The van der Waals surface area contributed by atoms with Gasteiger partial charge in [0.2, 0.25) is 0 Å². The Kier molecular flexibility index (Phi) is 3.88. The second kappa shape index (κ2) is 5.07. The normalized spacial score (nSPS) is 40.5. The highest BCUT2D eigenvalue weighted by molar-refractivity contribution is 5.81. The molecule has 1 heterocycles. The molecule has 0 radical (unpaired) electrons. The number of Topliss-reactive ketones (excluding diaryl/α,β-unsaturated/α-hetero) is 1. The van der Waals surface area contributed by atoms with Crippen LogP contribution >= 0.6 is 0 Å². The average molecular weight is 239 g/mol. The smallest absolute Gasteiger partial charge is 0.137 e. The van der Waals surface area contributed by atoms with Gasteiger partial charge in [-0.05, 0) is 45.1 Å². The number of hydrogen-bond donors (Lipinski definition) is 1. The molecule has 3 atom stereocenters. The first kappa shape index (κ1) is 13.0. The summed E-state index contributed by atoms with van der Waals surface area (Å²) in [4.78, 5) is 14.2. The molecule has 1 saturated heterocycles. The van der Waals surface area contributed by atoms with Crippen molar-refractivity contribution >= 4 is 5.78 Å². The van der Waals surface area contributed by atoms with Crippen molar-refractivity contribution in [1.82, 2.24) is 4.90 Å². The Morgan fingerprint density at radius 1 is 1.53 bits per heavy atom. The number of rotatable bonds is 2. The lowest BCUT2D eigenvalue weighted by Crippen LogP contribution is -2.48. The van der Waals surface area contributed by atoms with Crippen molar-refractivity contribution in [3.8, 4) is 0 Å². The summed E-state index contributed by atoms with van der Waals surface area (Å²) in [7, 11) is 0. The van der Waals surface area contributed by atoms with E-state index >= 15 is 0 Å². The highest BCUT2D eigenvalue weighted by atomic mass is 16.3. The van der Waals surface area contributed by atoms with Gasteiger partial charge in [0, 0.05) is 25.4 Å². The predicted octanol–water partition coefficient (Wildman–Crippen LogP) is 1.84. The molecular formula is C14H25NO2. The molecule has 3 nitrogen and oxygen atoms in total. The van der Waals surface area contributed by atoms with Gasteiger partial charge in [-0.3, -0.25) is 9.69 Å². The van der Waals surface area contributed by atoms with Crippen LogP contribution in [0.1, 0.15) is 46.0 Å². The van der Waals surface area contributed by atoms with Crippen LogP contribution in [0.4, 0.5) is 0 Å². The lowest BCUT2D eigenvalue weighted by molar-refractivity contribution is -0.127. The molecule has 3 heteroatoms. The van der Waals surface area contributed by atoms with Crippen LogP contribution in [0.3, 0.4) is 0 Å². The van der Waals surface area contributed by atoms with Crippen LogP contribution in [0.5, 0.6) is 0 Å². The average Bonchev–Trinajstić information content (AvgIpc) is 2.22. The van der Waals surface area contributed by atoms with Gasteiger partial charge >= 0.3 is 0 Å². The van der Waals surface area contributed by atoms with Crippen molar-refractivity contribution in [2.75, 3.05) is 19.6 Å². The second-order valence-electron chi connectivity index (χ2n) is 6.38. The first-order valence-electron chi connectivity index (χ1n) is 6.94. The zero-order chi connectivity index (χ0) is 12.5. The third-order valence-electron chi connectivity index (χ3n) is 4.26. The number of likely N-dealkylation sites (tertiary alicyclic amines) is 1. The maximum Gasteiger partial charge on any atom is 0.137 e. The summed E-state index contributed by atoms with van der Waals surface area (Å²) in [6.07, 6.45) is 4.79. The molecule has 1 aliphatic carbocycles. The number of hydrogen-bond acceptors (Lipinski definition) is 3. The molecular weight excluding hydrogens is 214 g/mol. The minimum absolute atomic E-state index is 0.215. The van der Waals surface area contributed by atoms with Gasteiger partial charge in [-0.2, -0.15) is 0 Å². The lowest BCUT2D eigenvalue weighted by Gasteiger charge is -2.39. The summed E-state index contributed by atoms with van der Waals surface area (Å²) in [6.45, 7) is 6.77. The Morgan fingerprint density at radius 3 is 3.00 bits per heavy atom. The molecule has 0 spiro atoms. The Labute approximate surface area is 104 Å². The summed E-state index contributed by atoms with van der Waals surface area (Å²) >= 11 is 0. The molecule has 0 aromatic carbocycles. The molecule has 2 aliphatic rings. The molecule has 2 rings (SSSR count). The molecule has 0 bridgehead atoms. The van der Waals surface area contributed by atoms with Crippen LogP contribution in [-0.4, -0.2) is 41.0 Å². The largest absolute Gasteiger partial charge is 0.389 e. The van der Waals surface area contributed by atoms with E-state index in [0.29, 0.717) is 11.7 Å². The minimum atomic E-state index is -0.554. The SMILES string of the molecule is CC1CCC(=O)C(CN2CCCC(C)(O)C2)C1. The van der Waals surface area contributed by atoms with Crippen LogP contribution in [0.25, 0.3) is 0 Å². The predicted molar refractivity (Wildman–Crippen MR) is 67.8 cm³/mol. The van der Waals surface area contributed by atoms with E-state index in [0.717, 1.165) is 51.7 Å². The summed E-state index contributed by atoms with van der Waals surface area (Å²) in [5, 5.41) is 10.1. The number of nitrogens with zero attached hydrogens (tertiary/aromatic N) is 1. The quantitative estimate of drug-likeness (QED) is 0.799. The van der Waals surface area contributed by atoms with Crippen molar-refractivity contribution in [2.24, 2.45) is 11.8 Å². The zero-order valence-electron chi connectivity index (χ0n) is 11.1. The van der Waals surface area contributed by atoms with Gasteiger partial charge in [-0.15, -0.1) is 0 Å². The fraction of sp³-hybridized carbons (Fsp3) is 0.929. The Hall–Kier alpha value is -0.410. The van der Waals surface area contributed by atoms with Crippen molar-refractivity contribution in [3.63, 3.8) is 0 Å². The van der Waals surface area contributed by atoms with Crippen molar-refractivity contribution in [3.05, 3.63) is 0 Å². The van der Waals surface area contributed by atoms with E-state index in [1.807, 2.05) is 6.92 Å². The van der Waals surface area contributed by atoms with E-state index in [1.54, 1.807) is 0 Å². The van der Waals surface area contributed by atoms with Crippen LogP contribution < -0.4 is 0 Å². The van der Waals surface area contributed by atoms with Gasteiger partial charge in [-0.1, -0.05) is 6.92 Å². The van der Waals surface area contributed by atoms with Crippen molar-refractivity contribution in [1.29, 1.82) is 0 Å². The molecule has 0 amide bonds. The molecule has 1 aliphatic heterocycles. The number of piperidine rings is 1. The van der Waals surface area contributed by atoms with E-state index < -0.39 is 5.60 Å². The van der Waals surface area contributed by atoms with Crippen LogP contribution in [0.2, 0.25) is 0 Å². The summed E-state index contributed by atoms with van der Waals surface area (Å²) in [6, 6.07) is 0. The molecule has 3 unspecified atom stereocenters. The first-order valence-corrected chi connectivity index (χ1v) is 6.94. The minimum Gasteiger partial charge on any atom is -0.389 e. The molecule has 0 aromatic rings. The Bertz CT molecular complexity index is 288. The molecule has 1 saturated carbocycles. The monoisotopic (exact) mass is 239 g/mol. The van der Waals surface area contributed by atoms with Gasteiger partial charge in [0.05, 0.1) is 5.60 Å². The van der Waals surface area contributed by atoms with E-state index in [-0.39, 0.29) is 5.92 Å². The third kappa shape index (κ3) is 3.52. The van der Waals surface area contributed by atoms with Gasteiger partial charge in [0.15, 0.2) is 0 Å². The molecule has 1 N–H and O–H groups in total. The van der Waals surface area contributed by atoms with Gasteiger partial charge in [0.1, 0.15) is 5.78 Å². The van der Waals surface area contributed by atoms with Gasteiger partial charge in [-0.25, -0.2) is 0 Å². The highest BCUT2D eigenvalue weighted by Crippen LogP contribution is 2.28. The number of carbonyl (C=O) groups excluding carboxylic acids is 1. The summed E-state index contributed by atoms with van der Waals surface area (Å²) in [5.41, 5.74) is -0.554. The molecule has 17 heavy (non-hydrogen) atoms. The fourth-order valence-corrected chi connectivity index (χ4v) is 3.29. The maximum atomic E-state index is 11.9. The summed E-state index contributed by atoms with van der Waals surface area (Å²) < 4.78 is 0. The van der Waals surface area contributed by atoms with Crippen LogP contribution in [-0.2, 0) is 4.79 Å². The number of carbonyl (C=O) groups is 1. The first-order chi connectivity index (χ1) is 7.96. The highest BCUT2D eigenvalue weighted by Gasteiger charge is 2.32. The van der Waals surface area contributed by atoms with E-state index in [4.69, 9.17) is 0 Å². The fourth-order valence-electron chi connectivity index (χ4n) is 3.29. The molecule has 98 valence electrons. The van der Waals surface area contributed by atoms with Gasteiger partial charge in [0.25, 0.3) is 0 Å². The molecule has 0 aromatic heterocycles. The van der Waals surface area contributed by atoms with E-state index in [1.165, 1.54) is 0 Å². The second-order valence-corrected chi connectivity index (χ2v) is 6.38. The maximum absolute atomic E-state index is 11.9. The number of aliphatic hydroxyl groups is 1. The number of ketones is 1. The van der Waals surface area contributed by atoms with E-state index in [9.17, 15) is 9.90 Å². The number of β-amino-alcohol motifs (C(OH)–C–C–N with tert-alkyl or cyclic N) is 1. The standard InChI is InChI=1S/C14H25NO2/c1-11-4-5-13(16)12(8-11)9-15-7-3-6-14(2,17)10-15/h11-12,17H,3-10H2,1-2H3. The summed E-state index contributed by atoms with van der Waals surface area (Å²) in [5.74, 6) is 1.34. The van der Waals surface area contributed by atoms with Gasteiger partial charge < -0.3 is 5.11 Å². The lowest BCUT2D eigenvalue weighted by atomic mass is 9.80.